The van der Waals surface area contributed by atoms with Crippen LogP contribution in [0.2, 0.25) is 0 Å². The van der Waals surface area contributed by atoms with Crippen LogP contribution in [-0.4, -0.2) is 0 Å². The Hall–Kier alpha value is -1.60. The lowest BCUT2D eigenvalue weighted by Gasteiger charge is -2.20. The largest absolute Gasteiger partial charge is 0.320 e. The van der Waals surface area contributed by atoms with E-state index >= 15 is 0 Å². The maximum absolute atomic E-state index is 6.37. The number of hydrogen-bond donors (Lipinski definition) is 1. The van der Waals surface area contributed by atoms with Crippen LogP contribution in [0.5, 0.6) is 0 Å². The first-order chi connectivity index (χ1) is 9.41. The summed E-state index contributed by atoms with van der Waals surface area (Å²) < 4.78 is 0. The monoisotopic (exact) mass is 267 g/mol. The van der Waals surface area contributed by atoms with E-state index in [1.807, 2.05) is 0 Å². The Morgan fingerprint density at radius 3 is 1.70 bits per heavy atom. The molecule has 2 aromatic rings. The molecule has 0 saturated heterocycles. The second-order valence-electron chi connectivity index (χ2n) is 6.44. The fourth-order valence-corrected chi connectivity index (χ4v) is 2.34. The molecule has 2 rings (SSSR count). The van der Waals surface area contributed by atoms with Crippen LogP contribution >= 0.6 is 0 Å². The van der Waals surface area contributed by atoms with Gasteiger partial charge in [-0.2, -0.15) is 0 Å². The maximum Gasteiger partial charge on any atom is 0.0551 e. The van der Waals surface area contributed by atoms with Crippen LogP contribution in [0.15, 0.2) is 48.5 Å². The summed E-state index contributed by atoms with van der Waals surface area (Å²) in [6.45, 7) is 8.85. The molecule has 2 aromatic carbocycles. The van der Waals surface area contributed by atoms with Crippen LogP contribution in [0, 0.1) is 0 Å². The fraction of sp³-hybridized carbons (Fsp3) is 0.368. The van der Waals surface area contributed by atoms with Crippen LogP contribution in [0.1, 0.15) is 56.0 Å². The molecule has 20 heavy (non-hydrogen) atoms. The summed E-state index contributed by atoms with van der Waals surface area (Å²) in [4.78, 5) is 0. The molecule has 0 fully saturated rings. The highest BCUT2D eigenvalue weighted by Crippen LogP contribution is 2.25. The molecular weight excluding hydrogens is 242 g/mol. The van der Waals surface area contributed by atoms with Crippen molar-refractivity contribution in [3.05, 3.63) is 70.8 Å². The van der Waals surface area contributed by atoms with Crippen molar-refractivity contribution in [2.75, 3.05) is 0 Å². The van der Waals surface area contributed by atoms with Gasteiger partial charge >= 0.3 is 0 Å². The van der Waals surface area contributed by atoms with Gasteiger partial charge in [-0.05, 0) is 34.1 Å². The van der Waals surface area contributed by atoms with Gasteiger partial charge in [0.15, 0.2) is 0 Å². The average molecular weight is 267 g/mol. The topological polar surface area (TPSA) is 26.0 Å². The van der Waals surface area contributed by atoms with Gasteiger partial charge in [-0.25, -0.2) is 0 Å². The summed E-state index contributed by atoms with van der Waals surface area (Å²) in [5.74, 6) is 0. The minimum atomic E-state index is -0.0464. The van der Waals surface area contributed by atoms with E-state index in [-0.39, 0.29) is 11.5 Å². The van der Waals surface area contributed by atoms with E-state index in [1.54, 1.807) is 0 Å². The predicted molar refractivity (Wildman–Crippen MR) is 87.0 cm³/mol. The molecule has 0 aromatic heterocycles. The summed E-state index contributed by atoms with van der Waals surface area (Å²) in [5.41, 5.74) is 11.6. The molecule has 0 aliphatic carbocycles. The average Bonchev–Trinajstić information content (AvgIpc) is 2.46. The highest BCUT2D eigenvalue weighted by atomic mass is 14.6. The molecule has 0 aliphatic heterocycles. The third-order valence-corrected chi connectivity index (χ3v) is 3.88. The van der Waals surface area contributed by atoms with Crippen molar-refractivity contribution in [3.63, 3.8) is 0 Å². The van der Waals surface area contributed by atoms with Crippen molar-refractivity contribution < 1.29 is 0 Å². The van der Waals surface area contributed by atoms with Crippen LogP contribution in [0.25, 0.3) is 0 Å². The molecule has 1 atom stereocenters. The van der Waals surface area contributed by atoms with E-state index in [4.69, 9.17) is 5.73 Å². The quantitative estimate of drug-likeness (QED) is 0.864. The molecule has 0 aliphatic rings. The summed E-state index contributed by atoms with van der Waals surface area (Å²) in [6.07, 6.45) is 1.07. The first-order valence-electron chi connectivity index (χ1n) is 7.36. The van der Waals surface area contributed by atoms with Gasteiger partial charge in [0.1, 0.15) is 0 Å². The van der Waals surface area contributed by atoms with Crippen molar-refractivity contribution in [3.8, 4) is 0 Å². The van der Waals surface area contributed by atoms with Gasteiger partial charge in [0.25, 0.3) is 0 Å². The third kappa shape index (κ3) is 3.29. The molecule has 0 heterocycles. The minimum absolute atomic E-state index is 0.0464. The molecule has 1 nitrogen and oxygen atoms in total. The van der Waals surface area contributed by atoms with Gasteiger partial charge in [0.2, 0.25) is 0 Å². The van der Waals surface area contributed by atoms with Crippen molar-refractivity contribution in [1.82, 2.24) is 0 Å². The molecule has 1 heteroatoms. The summed E-state index contributed by atoms with van der Waals surface area (Å²) >= 11 is 0. The molecule has 0 spiro atoms. The number of benzene rings is 2. The van der Waals surface area contributed by atoms with Gasteiger partial charge < -0.3 is 5.73 Å². The lowest BCUT2D eigenvalue weighted by atomic mass is 9.86. The normalized spacial score (nSPS) is 13.2. The van der Waals surface area contributed by atoms with Gasteiger partial charge in [-0.15, -0.1) is 0 Å². The lowest BCUT2D eigenvalue weighted by Crippen LogP contribution is -2.14. The Bertz CT molecular complexity index is 544. The van der Waals surface area contributed by atoms with Crippen molar-refractivity contribution in [2.45, 2.75) is 45.6 Å². The number of aryl methyl sites for hydroxylation is 1. The minimum Gasteiger partial charge on any atom is -0.320 e. The molecular formula is C19H25N. The van der Waals surface area contributed by atoms with E-state index in [1.165, 1.54) is 22.3 Å². The Balaban J connectivity index is 2.22. The Morgan fingerprint density at radius 2 is 1.30 bits per heavy atom. The van der Waals surface area contributed by atoms with E-state index in [0.29, 0.717) is 0 Å². The van der Waals surface area contributed by atoms with Crippen molar-refractivity contribution in [1.29, 1.82) is 0 Å². The van der Waals surface area contributed by atoms with Crippen molar-refractivity contribution in [2.24, 2.45) is 5.73 Å². The second kappa shape index (κ2) is 5.80. The van der Waals surface area contributed by atoms with Gasteiger partial charge in [-0.3, -0.25) is 0 Å². The smallest absolute Gasteiger partial charge is 0.0551 e. The number of nitrogens with two attached hydrogens (primary N) is 1. The molecule has 106 valence electrons. The Morgan fingerprint density at radius 1 is 0.850 bits per heavy atom. The van der Waals surface area contributed by atoms with Crippen LogP contribution < -0.4 is 5.73 Å². The zero-order valence-corrected chi connectivity index (χ0v) is 13.0. The fourth-order valence-electron chi connectivity index (χ4n) is 2.34. The molecule has 0 radical (unpaired) electrons. The number of rotatable bonds is 3. The van der Waals surface area contributed by atoms with Gasteiger partial charge in [0, 0.05) is 0 Å². The molecule has 0 amide bonds. The van der Waals surface area contributed by atoms with E-state index in [0.717, 1.165) is 6.42 Å². The van der Waals surface area contributed by atoms with E-state index in [9.17, 15) is 0 Å². The van der Waals surface area contributed by atoms with Gasteiger partial charge in [0.05, 0.1) is 6.04 Å². The molecule has 0 saturated carbocycles. The molecule has 2 N–H and O–H groups in total. The predicted octanol–water partition coefficient (Wildman–Crippen LogP) is 4.59. The summed E-state index contributed by atoms with van der Waals surface area (Å²) in [6, 6.07) is 17.2. The Labute approximate surface area is 122 Å². The standard InChI is InChI=1S/C19H25N/c1-5-14-6-8-15(9-7-14)18(20)16-10-12-17(13-11-16)19(2,3)4/h6-13,18H,5,20H2,1-4H3. The first kappa shape index (κ1) is 14.8. The summed E-state index contributed by atoms with van der Waals surface area (Å²) in [5, 5.41) is 0. The maximum atomic E-state index is 6.37. The summed E-state index contributed by atoms with van der Waals surface area (Å²) in [7, 11) is 0. The van der Waals surface area contributed by atoms with Crippen LogP contribution in [0.3, 0.4) is 0 Å². The van der Waals surface area contributed by atoms with Crippen LogP contribution in [0.4, 0.5) is 0 Å². The second-order valence-corrected chi connectivity index (χ2v) is 6.44. The van der Waals surface area contributed by atoms with E-state index in [2.05, 4.69) is 76.2 Å². The third-order valence-electron chi connectivity index (χ3n) is 3.88. The Kier molecular flexibility index (Phi) is 4.29. The lowest BCUT2D eigenvalue weighted by molar-refractivity contribution is 0.589. The highest BCUT2D eigenvalue weighted by Gasteiger charge is 2.14. The number of hydrogen-bond acceptors (Lipinski definition) is 1. The highest BCUT2D eigenvalue weighted by molar-refractivity contribution is 5.36. The SMILES string of the molecule is CCc1ccc(C(N)c2ccc(C(C)(C)C)cc2)cc1. The first-order valence-corrected chi connectivity index (χ1v) is 7.36. The zero-order chi connectivity index (χ0) is 14.8. The molecule has 0 bridgehead atoms. The van der Waals surface area contributed by atoms with Crippen LogP contribution in [-0.2, 0) is 11.8 Å². The van der Waals surface area contributed by atoms with Crippen molar-refractivity contribution >= 4 is 0 Å². The van der Waals surface area contributed by atoms with E-state index < -0.39 is 0 Å². The van der Waals surface area contributed by atoms with Gasteiger partial charge in [-0.1, -0.05) is 76.2 Å². The molecule has 1 unspecified atom stereocenters. The zero-order valence-electron chi connectivity index (χ0n) is 13.0.